The number of rotatable bonds is 7. The average molecular weight is 465 g/mol. The normalized spacial score (nSPS) is 18.5. The topological polar surface area (TPSA) is 104 Å². The molecule has 1 saturated heterocycles. The van der Waals surface area contributed by atoms with Crippen molar-refractivity contribution >= 4 is 40.1 Å². The van der Waals surface area contributed by atoms with E-state index in [0.29, 0.717) is 25.0 Å². The number of carboxylic acid groups (broad SMARTS) is 1. The minimum Gasteiger partial charge on any atom is -0.477 e. The summed E-state index contributed by atoms with van der Waals surface area (Å²) in [4.78, 5) is 38.1. The molecule has 1 unspecified atom stereocenters. The maximum absolute atomic E-state index is 15.2. The molecule has 10 heteroatoms. The first-order valence-corrected chi connectivity index (χ1v) is 11.1. The van der Waals surface area contributed by atoms with Gasteiger partial charge in [0.05, 0.1) is 28.2 Å². The zero-order valence-electron chi connectivity index (χ0n) is 18.0. The maximum atomic E-state index is 15.2. The van der Waals surface area contributed by atoms with Crippen LogP contribution in [0, 0.1) is 5.82 Å². The van der Waals surface area contributed by atoms with Gasteiger partial charge in [0.15, 0.2) is 0 Å². The second-order valence-corrected chi connectivity index (χ2v) is 9.15. The number of pyridine rings is 1. The van der Waals surface area contributed by atoms with Crippen LogP contribution in [0.2, 0.25) is 5.02 Å². The Morgan fingerprint density at radius 2 is 2.03 bits per heavy atom. The molecule has 1 amide bonds. The van der Waals surface area contributed by atoms with E-state index in [4.69, 9.17) is 11.6 Å². The Morgan fingerprint density at radius 3 is 2.66 bits per heavy atom. The number of benzene rings is 1. The third-order valence-electron chi connectivity index (χ3n) is 5.89. The number of aromatic nitrogens is 1. The maximum Gasteiger partial charge on any atom is 0.341 e. The van der Waals surface area contributed by atoms with Gasteiger partial charge in [0, 0.05) is 37.4 Å². The van der Waals surface area contributed by atoms with Crippen LogP contribution in [0.15, 0.2) is 17.1 Å². The molecule has 8 nitrogen and oxygen atoms in total. The molecule has 1 aromatic carbocycles. The van der Waals surface area contributed by atoms with Crippen LogP contribution in [-0.2, 0) is 4.79 Å². The highest BCUT2D eigenvalue weighted by molar-refractivity contribution is 6.38. The summed E-state index contributed by atoms with van der Waals surface area (Å²) in [6, 6.07) is 1.16. The minimum atomic E-state index is -1.35. The van der Waals surface area contributed by atoms with E-state index in [0.717, 1.165) is 18.9 Å². The van der Waals surface area contributed by atoms with Crippen molar-refractivity contribution in [3.8, 4) is 0 Å². The molecule has 2 aromatic rings. The Labute approximate surface area is 189 Å². The number of hydrogen-bond donors (Lipinski definition) is 3. The Bertz CT molecular complexity index is 1150. The van der Waals surface area contributed by atoms with Crippen molar-refractivity contribution in [1.29, 1.82) is 0 Å². The number of carboxylic acids is 1. The quantitative estimate of drug-likeness (QED) is 0.581. The first kappa shape index (κ1) is 22.5. The summed E-state index contributed by atoms with van der Waals surface area (Å²) in [6.45, 7) is 4.99. The lowest BCUT2D eigenvalue weighted by Crippen LogP contribution is -2.43. The number of carbonyl (C=O) groups is 2. The molecule has 3 N–H and O–H groups in total. The molecule has 2 fully saturated rings. The van der Waals surface area contributed by atoms with Crippen molar-refractivity contribution < 1.29 is 19.1 Å². The van der Waals surface area contributed by atoms with E-state index in [9.17, 15) is 19.5 Å². The van der Waals surface area contributed by atoms with Crippen LogP contribution >= 0.6 is 11.6 Å². The number of anilines is 1. The first-order chi connectivity index (χ1) is 15.2. The zero-order valence-corrected chi connectivity index (χ0v) is 18.7. The summed E-state index contributed by atoms with van der Waals surface area (Å²) in [5.74, 6) is -2.16. The van der Waals surface area contributed by atoms with Crippen molar-refractivity contribution in [3.63, 3.8) is 0 Å². The van der Waals surface area contributed by atoms with Gasteiger partial charge in [0.1, 0.15) is 11.4 Å². The fraction of sp³-hybridized carbons (Fsp3) is 0.500. The lowest BCUT2D eigenvalue weighted by Gasteiger charge is -2.23. The van der Waals surface area contributed by atoms with E-state index in [1.165, 1.54) is 6.20 Å². The molecule has 1 atom stereocenters. The Kier molecular flexibility index (Phi) is 6.13. The van der Waals surface area contributed by atoms with Crippen molar-refractivity contribution in [2.45, 2.75) is 51.2 Å². The molecule has 172 valence electrons. The molecule has 1 saturated carbocycles. The number of hydrogen-bond acceptors (Lipinski definition) is 5. The molecule has 1 aliphatic carbocycles. The van der Waals surface area contributed by atoms with Crippen LogP contribution in [-0.4, -0.2) is 53.3 Å². The molecule has 2 aliphatic rings. The number of aromatic carboxylic acids is 1. The molecule has 1 aromatic heterocycles. The van der Waals surface area contributed by atoms with E-state index >= 15 is 4.39 Å². The SMILES string of the molecule is CC(C)NCC(=O)NC1CCN(c2c(F)cc3c(=O)c(C(=O)O)cn(C4CC4)c3c2Cl)C1. The molecule has 0 bridgehead atoms. The van der Waals surface area contributed by atoms with Gasteiger partial charge in [0.25, 0.3) is 0 Å². The third kappa shape index (κ3) is 4.31. The van der Waals surface area contributed by atoms with Crippen LogP contribution < -0.4 is 21.0 Å². The number of amides is 1. The second-order valence-electron chi connectivity index (χ2n) is 8.77. The van der Waals surface area contributed by atoms with Crippen LogP contribution in [0.4, 0.5) is 10.1 Å². The molecular weight excluding hydrogens is 439 g/mol. The van der Waals surface area contributed by atoms with Crippen molar-refractivity contribution in [2.24, 2.45) is 0 Å². The fourth-order valence-corrected chi connectivity index (χ4v) is 4.58. The molecule has 4 rings (SSSR count). The van der Waals surface area contributed by atoms with Crippen LogP contribution in [0.1, 0.15) is 49.5 Å². The monoisotopic (exact) mass is 464 g/mol. The molecule has 0 radical (unpaired) electrons. The van der Waals surface area contributed by atoms with E-state index in [2.05, 4.69) is 10.6 Å². The number of carbonyl (C=O) groups excluding carboxylic acids is 1. The molecule has 32 heavy (non-hydrogen) atoms. The summed E-state index contributed by atoms with van der Waals surface area (Å²) in [5.41, 5.74) is -0.616. The van der Waals surface area contributed by atoms with E-state index in [1.807, 2.05) is 13.8 Å². The lowest BCUT2D eigenvalue weighted by molar-refractivity contribution is -0.120. The number of nitrogens with one attached hydrogen (secondary N) is 2. The molecule has 2 heterocycles. The van der Waals surface area contributed by atoms with E-state index in [-0.39, 0.29) is 46.7 Å². The van der Waals surface area contributed by atoms with Gasteiger partial charge in [-0.1, -0.05) is 25.4 Å². The highest BCUT2D eigenvalue weighted by atomic mass is 35.5. The van der Waals surface area contributed by atoms with Crippen LogP contribution in [0.25, 0.3) is 10.9 Å². The van der Waals surface area contributed by atoms with Crippen LogP contribution in [0.3, 0.4) is 0 Å². The van der Waals surface area contributed by atoms with Crippen molar-refractivity contribution in [2.75, 3.05) is 24.5 Å². The summed E-state index contributed by atoms with van der Waals surface area (Å²) < 4.78 is 16.9. The van der Waals surface area contributed by atoms with Crippen LogP contribution in [0.5, 0.6) is 0 Å². The van der Waals surface area contributed by atoms with Gasteiger partial charge in [-0.2, -0.15) is 0 Å². The first-order valence-electron chi connectivity index (χ1n) is 10.7. The fourth-order valence-electron chi connectivity index (χ4n) is 4.17. The van der Waals surface area contributed by atoms with E-state index in [1.54, 1.807) is 9.47 Å². The summed E-state index contributed by atoms with van der Waals surface area (Å²) in [6.07, 6.45) is 3.62. The van der Waals surface area contributed by atoms with Gasteiger partial charge in [-0.05, 0) is 25.3 Å². The number of fused-ring (bicyclic) bond motifs is 1. The Hall–Kier alpha value is -2.65. The molecule has 0 spiro atoms. The summed E-state index contributed by atoms with van der Waals surface area (Å²) in [5, 5.41) is 15.5. The minimum absolute atomic E-state index is 0.0334. The van der Waals surface area contributed by atoms with Gasteiger partial charge in [-0.15, -0.1) is 0 Å². The van der Waals surface area contributed by atoms with E-state index < -0.39 is 22.8 Å². The van der Waals surface area contributed by atoms with Crippen molar-refractivity contribution in [1.82, 2.24) is 15.2 Å². The Balaban J connectivity index is 1.67. The summed E-state index contributed by atoms with van der Waals surface area (Å²) >= 11 is 6.66. The highest BCUT2D eigenvalue weighted by Gasteiger charge is 2.32. The molecule has 1 aliphatic heterocycles. The number of nitrogens with zero attached hydrogens (tertiary/aromatic N) is 2. The molecular formula is C22H26ClFN4O4. The Morgan fingerprint density at radius 1 is 1.31 bits per heavy atom. The standard InChI is InChI=1S/C22H26ClFN4O4/c1-11(2)25-8-17(29)26-12-5-6-27(9-12)20-16(24)7-14-19(18(20)23)28(13-3-4-13)10-15(21(14)30)22(31)32/h7,10-13,25H,3-6,8-9H2,1-2H3,(H,26,29)(H,31,32). The third-order valence-corrected chi connectivity index (χ3v) is 6.25. The largest absolute Gasteiger partial charge is 0.477 e. The zero-order chi connectivity index (χ0) is 23.2. The number of halogens is 2. The van der Waals surface area contributed by atoms with Gasteiger partial charge >= 0.3 is 5.97 Å². The average Bonchev–Trinajstić information content (AvgIpc) is 3.47. The van der Waals surface area contributed by atoms with Gasteiger partial charge in [0.2, 0.25) is 11.3 Å². The van der Waals surface area contributed by atoms with Gasteiger partial charge < -0.3 is 25.2 Å². The highest BCUT2D eigenvalue weighted by Crippen LogP contribution is 2.42. The predicted octanol–water partition coefficient (Wildman–Crippen LogP) is 2.52. The van der Waals surface area contributed by atoms with Gasteiger partial charge in [-0.3, -0.25) is 9.59 Å². The predicted molar refractivity (Wildman–Crippen MR) is 120 cm³/mol. The smallest absolute Gasteiger partial charge is 0.341 e. The van der Waals surface area contributed by atoms with Gasteiger partial charge in [-0.25, -0.2) is 9.18 Å². The van der Waals surface area contributed by atoms with Crippen molar-refractivity contribution in [3.05, 3.63) is 38.9 Å². The summed E-state index contributed by atoms with van der Waals surface area (Å²) in [7, 11) is 0. The second kappa shape index (κ2) is 8.71. The lowest BCUT2D eigenvalue weighted by atomic mass is 10.1.